The molecule has 9 heteroatoms. The van der Waals surface area contributed by atoms with Crippen LogP contribution in [0.15, 0.2) is 59.5 Å². The van der Waals surface area contributed by atoms with E-state index in [1.54, 1.807) is 12.1 Å². The van der Waals surface area contributed by atoms with Gasteiger partial charge in [0.1, 0.15) is 12.6 Å². The number of carboxylic acid groups (broad SMARTS) is 1. The monoisotopic (exact) mass is 458 g/mol. The van der Waals surface area contributed by atoms with Crippen LogP contribution in [0.3, 0.4) is 0 Å². The summed E-state index contributed by atoms with van der Waals surface area (Å²) in [7, 11) is 0. The maximum absolute atomic E-state index is 13.1. The number of para-hydroxylation sites is 1. The minimum Gasteiger partial charge on any atom is -0.480 e. The highest BCUT2D eigenvalue weighted by atomic mass is 32.2. The fourth-order valence-corrected chi connectivity index (χ4v) is 5.16. The van der Waals surface area contributed by atoms with Crippen molar-refractivity contribution in [2.24, 2.45) is 0 Å². The first-order valence-corrected chi connectivity index (χ1v) is 11.5. The quantitative estimate of drug-likeness (QED) is 0.657. The summed E-state index contributed by atoms with van der Waals surface area (Å²) in [6.45, 7) is 0.895. The predicted octanol–water partition coefficient (Wildman–Crippen LogP) is 2.59. The van der Waals surface area contributed by atoms with Crippen molar-refractivity contribution < 1.29 is 24.3 Å². The molecule has 7 nitrogen and oxygen atoms in total. The molecule has 2 aromatic rings. The number of carbonyl (C=O) groups is 4. The van der Waals surface area contributed by atoms with E-state index in [0.717, 1.165) is 22.2 Å². The fourth-order valence-electron chi connectivity index (χ4n) is 3.24. The summed E-state index contributed by atoms with van der Waals surface area (Å²) in [6.07, 6.45) is 0.337. The lowest BCUT2D eigenvalue weighted by molar-refractivity contribution is -0.137. The molecule has 0 saturated carbocycles. The standard InChI is InChI=1S/C22H22N2O5S2/c1-14(25)31-19(11-15-7-3-2-4-8-15)21(28)23-16-13-30-18-10-6-5-9-17(18)24(22(16)29)12-20(26)27/h2-10,16,19H,11-13H2,1H3,(H,23,28)(H,26,27)/t16-,19-/m0/s1. The molecule has 2 N–H and O–H groups in total. The van der Waals surface area contributed by atoms with E-state index in [9.17, 15) is 24.3 Å². The average molecular weight is 459 g/mol. The number of hydrogen-bond donors (Lipinski definition) is 2. The van der Waals surface area contributed by atoms with Gasteiger partial charge < -0.3 is 10.4 Å². The van der Waals surface area contributed by atoms with Gasteiger partial charge in [-0.15, -0.1) is 11.8 Å². The maximum Gasteiger partial charge on any atom is 0.323 e. The van der Waals surface area contributed by atoms with Crippen LogP contribution >= 0.6 is 23.5 Å². The third-order valence-corrected chi connectivity index (χ3v) is 6.75. The van der Waals surface area contributed by atoms with E-state index >= 15 is 0 Å². The van der Waals surface area contributed by atoms with Crippen molar-refractivity contribution in [2.75, 3.05) is 17.2 Å². The molecule has 1 heterocycles. The Balaban J connectivity index is 1.80. The minimum absolute atomic E-state index is 0.197. The third kappa shape index (κ3) is 6.11. The summed E-state index contributed by atoms with van der Waals surface area (Å²) in [4.78, 5) is 51.2. The van der Waals surface area contributed by atoms with Crippen molar-refractivity contribution in [2.45, 2.75) is 29.5 Å². The summed E-state index contributed by atoms with van der Waals surface area (Å²) in [5.74, 6) is -1.79. The van der Waals surface area contributed by atoms with Crippen molar-refractivity contribution >= 4 is 52.1 Å². The molecule has 0 saturated heterocycles. The number of carboxylic acids is 1. The lowest BCUT2D eigenvalue weighted by atomic mass is 10.1. The van der Waals surface area contributed by atoms with Gasteiger partial charge in [0.25, 0.3) is 5.91 Å². The van der Waals surface area contributed by atoms with Crippen LogP contribution in [0.5, 0.6) is 0 Å². The van der Waals surface area contributed by atoms with E-state index in [4.69, 9.17) is 0 Å². The summed E-state index contributed by atoms with van der Waals surface area (Å²) in [6, 6.07) is 15.5. The number of carbonyl (C=O) groups excluding carboxylic acids is 3. The van der Waals surface area contributed by atoms with E-state index in [2.05, 4.69) is 5.32 Å². The molecule has 1 aliphatic heterocycles. The van der Waals surface area contributed by atoms with Gasteiger partial charge in [-0.1, -0.05) is 54.2 Å². The highest BCUT2D eigenvalue weighted by molar-refractivity contribution is 8.14. The molecule has 0 unspecified atom stereocenters. The fraction of sp³-hybridized carbons (Fsp3) is 0.273. The van der Waals surface area contributed by atoms with Crippen molar-refractivity contribution in [3.8, 4) is 0 Å². The number of benzene rings is 2. The van der Waals surface area contributed by atoms with Crippen molar-refractivity contribution in [3.05, 3.63) is 60.2 Å². The van der Waals surface area contributed by atoms with Gasteiger partial charge in [0.2, 0.25) is 5.91 Å². The number of thioether (sulfide) groups is 2. The summed E-state index contributed by atoms with van der Waals surface area (Å²) in [5, 5.41) is 11.2. The molecule has 31 heavy (non-hydrogen) atoms. The van der Waals surface area contributed by atoms with Crippen molar-refractivity contribution in [1.82, 2.24) is 5.32 Å². The highest BCUT2D eigenvalue weighted by Gasteiger charge is 2.34. The molecule has 2 atom stereocenters. The second kappa shape index (κ2) is 10.5. The normalized spacial score (nSPS) is 16.7. The Morgan fingerprint density at radius 1 is 1.16 bits per heavy atom. The van der Waals surface area contributed by atoms with Crippen LogP contribution in [0.25, 0.3) is 0 Å². The molecule has 3 rings (SSSR count). The third-order valence-electron chi connectivity index (χ3n) is 4.60. The van der Waals surface area contributed by atoms with Crippen molar-refractivity contribution in [3.63, 3.8) is 0 Å². The Bertz CT molecular complexity index is 983. The Kier molecular flexibility index (Phi) is 7.75. The smallest absolute Gasteiger partial charge is 0.323 e. The number of rotatable bonds is 7. The zero-order chi connectivity index (χ0) is 22.4. The molecule has 0 radical (unpaired) electrons. The molecular formula is C22H22N2O5S2. The van der Waals surface area contributed by atoms with Gasteiger partial charge in [-0.25, -0.2) is 0 Å². The first-order chi connectivity index (χ1) is 14.8. The van der Waals surface area contributed by atoms with Crippen LogP contribution in [0.4, 0.5) is 5.69 Å². The van der Waals surface area contributed by atoms with E-state index in [0.29, 0.717) is 12.1 Å². The first-order valence-electron chi connectivity index (χ1n) is 9.61. The number of nitrogens with zero attached hydrogens (tertiary/aromatic N) is 1. The summed E-state index contributed by atoms with van der Waals surface area (Å²) >= 11 is 2.30. The van der Waals surface area contributed by atoms with Gasteiger partial charge in [0.05, 0.1) is 10.9 Å². The number of hydrogen-bond acceptors (Lipinski definition) is 6. The van der Waals surface area contributed by atoms with Gasteiger partial charge in [-0.2, -0.15) is 0 Å². The number of nitrogens with one attached hydrogen (secondary N) is 1. The number of amides is 2. The Labute approximate surface area is 188 Å². The molecule has 162 valence electrons. The number of anilines is 1. The van der Waals surface area contributed by atoms with E-state index in [1.165, 1.54) is 23.6 Å². The van der Waals surface area contributed by atoms with Gasteiger partial charge in [0, 0.05) is 17.6 Å². The predicted molar refractivity (Wildman–Crippen MR) is 121 cm³/mol. The molecule has 0 aromatic heterocycles. The number of aliphatic carboxylic acids is 1. The van der Waals surface area contributed by atoms with Crippen molar-refractivity contribution in [1.29, 1.82) is 0 Å². The highest BCUT2D eigenvalue weighted by Crippen LogP contribution is 2.34. The first kappa shape index (κ1) is 22.9. The van der Waals surface area contributed by atoms with E-state index < -0.39 is 35.6 Å². The van der Waals surface area contributed by atoms with Gasteiger partial charge >= 0.3 is 5.97 Å². The minimum atomic E-state index is -1.14. The lowest BCUT2D eigenvalue weighted by Gasteiger charge is -2.25. The van der Waals surface area contributed by atoms with Crippen LogP contribution in [0.1, 0.15) is 12.5 Å². The second-order valence-electron chi connectivity index (χ2n) is 6.95. The van der Waals surface area contributed by atoms with Crippen LogP contribution in [-0.4, -0.2) is 51.6 Å². The summed E-state index contributed by atoms with van der Waals surface area (Å²) < 4.78 is 0. The van der Waals surface area contributed by atoms with Crippen LogP contribution in [-0.2, 0) is 25.6 Å². The van der Waals surface area contributed by atoms with Crippen LogP contribution < -0.4 is 10.2 Å². The largest absolute Gasteiger partial charge is 0.480 e. The van der Waals surface area contributed by atoms with Gasteiger partial charge in [-0.05, 0) is 24.1 Å². The Hall–Kier alpha value is -2.78. The van der Waals surface area contributed by atoms with Crippen LogP contribution in [0, 0.1) is 0 Å². The van der Waals surface area contributed by atoms with E-state index in [-0.39, 0.29) is 10.9 Å². The lowest BCUT2D eigenvalue weighted by Crippen LogP contribution is -2.52. The molecule has 0 fully saturated rings. The van der Waals surface area contributed by atoms with Gasteiger partial charge in [0.15, 0.2) is 5.12 Å². The topological polar surface area (TPSA) is 104 Å². The number of fused-ring (bicyclic) bond motifs is 1. The molecule has 1 aliphatic rings. The zero-order valence-corrected chi connectivity index (χ0v) is 18.4. The Morgan fingerprint density at radius 2 is 1.84 bits per heavy atom. The molecule has 0 bridgehead atoms. The van der Waals surface area contributed by atoms with E-state index in [1.807, 2.05) is 42.5 Å². The molecule has 2 aromatic carbocycles. The maximum atomic E-state index is 13.1. The molecule has 0 aliphatic carbocycles. The Morgan fingerprint density at radius 3 is 2.52 bits per heavy atom. The molecular weight excluding hydrogens is 436 g/mol. The molecule has 0 spiro atoms. The average Bonchev–Trinajstić information content (AvgIpc) is 2.86. The van der Waals surface area contributed by atoms with Crippen LogP contribution in [0.2, 0.25) is 0 Å². The SMILES string of the molecule is CC(=O)S[C@@H](Cc1ccccc1)C(=O)N[C@H]1CSc2ccccc2N(CC(=O)O)C1=O. The summed E-state index contributed by atoms with van der Waals surface area (Å²) in [5.41, 5.74) is 1.41. The molecule has 2 amide bonds. The zero-order valence-electron chi connectivity index (χ0n) is 16.8. The van der Waals surface area contributed by atoms with Gasteiger partial charge in [-0.3, -0.25) is 24.1 Å². The second-order valence-corrected chi connectivity index (χ2v) is 9.39.